The molecule has 1 amide bonds. The molecule has 2 aromatic rings. The van der Waals surface area contributed by atoms with Crippen LogP contribution >= 0.6 is 0 Å². The van der Waals surface area contributed by atoms with Gasteiger partial charge in [0.15, 0.2) is 0 Å². The Kier molecular flexibility index (Phi) is 3.51. The van der Waals surface area contributed by atoms with E-state index in [2.05, 4.69) is 4.98 Å². The summed E-state index contributed by atoms with van der Waals surface area (Å²) in [5, 5.41) is 0. The molecule has 6 heteroatoms. The van der Waals surface area contributed by atoms with Crippen molar-refractivity contribution in [2.45, 2.75) is 0 Å². The molecule has 4 N–H and O–H groups in total. The van der Waals surface area contributed by atoms with Crippen LogP contribution in [-0.2, 0) is 0 Å². The maximum absolute atomic E-state index is 11.0. The van der Waals surface area contributed by atoms with E-state index in [0.29, 0.717) is 17.2 Å². The van der Waals surface area contributed by atoms with E-state index < -0.39 is 5.91 Å². The second-order valence-corrected chi connectivity index (χ2v) is 3.73. The van der Waals surface area contributed by atoms with Crippen LogP contribution in [0.2, 0.25) is 0 Å². The highest BCUT2D eigenvalue weighted by molar-refractivity contribution is 5.91. The Labute approximate surface area is 110 Å². The Morgan fingerprint density at radius 2 is 1.74 bits per heavy atom. The number of carbonyl (C=O) groups is 1. The first-order valence-electron chi connectivity index (χ1n) is 5.48. The first kappa shape index (κ1) is 12.7. The minimum atomic E-state index is -0.639. The summed E-state index contributed by atoms with van der Waals surface area (Å²) in [6, 6.07) is 9.85. The number of anilines is 1. The molecule has 2 rings (SSSR count). The molecular weight excluding hydrogens is 246 g/mol. The maximum Gasteiger partial charge on any atom is 0.267 e. The molecule has 0 aliphatic heterocycles. The molecule has 0 unspecified atom stereocenters. The molecule has 98 valence electrons. The van der Waals surface area contributed by atoms with Gasteiger partial charge in [-0.1, -0.05) is 0 Å². The molecule has 0 fully saturated rings. The van der Waals surface area contributed by atoms with Gasteiger partial charge in [-0.2, -0.15) is 0 Å². The van der Waals surface area contributed by atoms with E-state index in [-0.39, 0.29) is 11.6 Å². The van der Waals surface area contributed by atoms with Crippen molar-refractivity contribution in [3.05, 3.63) is 42.1 Å². The van der Waals surface area contributed by atoms with Crippen LogP contribution in [0.1, 0.15) is 10.5 Å². The minimum absolute atomic E-state index is 0.0951. The average Bonchev–Trinajstić information content (AvgIpc) is 2.42. The monoisotopic (exact) mass is 259 g/mol. The third-order valence-corrected chi connectivity index (χ3v) is 2.42. The number of methoxy groups -OCH3 is 1. The van der Waals surface area contributed by atoms with Crippen molar-refractivity contribution in [3.8, 4) is 17.4 Å². The molecule has 0 atom stereocenters. The Morgan fingerprint density at radius 1 is 1.11 bits per heavy atom. The fraction of sp³-hybridized carbons (Fsp3) is 0.0769. The van der Waals surface area contributed by atoms with Crippen molar-refractivity contribution in [2.24, 2.45) is 5.73 Å². The largest absolute Gasteiger partial charge is 0.497 e. The molecule has 0 bridgehead atoms. The molecule has 0 radical (unpaired) electrons. The Balaban J connectivity index is 2.26. The van der Waals surface area contributed by atoms with Crippen LogP contribution < -0.4 is 20.9 Å². The molecule has 0 aliphatic rings. The number of carbonyl (C=O) groups excluding carboxylic acids is 1. The summed E-state index contributed by atoms with van der Waals surface area (Å²) in [4.78, 5) is 15.0. The van der Waals surface area contributed by atoms with Gasteiger partial charge in [-0.05, 0) is 36.4 Å². The highest BCUT2D eigenvalue weighted by Crippen LogP contribution is 2.26. The summed E-state index contributed by atoms with van der Waals surface area (Å²) in [6.45, 7) is 0. The number of nitrogens with zero attached hydrogens (tertiary/aromatic N) is 1. The number of aromatic nitrogens is 1. The Morgan fingerprint density at radius 3 is 2.32 bits per heavy atom. The lowest BCUT2D eigenvalue weighted by Crippen LogP contribution is -2.13. The highest BCUT2D eigenvalue weighted by atomic mass is 16.5. The number of amides is 1. The molecule has 0 saturated heterocycles. The number of ether oxygens (including phenoxy) is 2. The third kappa shape index (κ3) is 2.92. The van der Waals surface area contributed by atoms with Gasteiger partial charge < -0.3 is 20.9 Å². The summed E-state index contributed by atoms with van der Waals surface area (Å²) < 4.78 is 10.5. The highest BCUT2D eigenvalue weighted by Gasteiger charge is 2.09. The van der Waals surface area contributed by atoms with Gasteiger partial charge >= 0.3 is 0 Å². The molecule has 6 nitrogen and oxygen atoms in total. The minimum Gasteiger partial charge on any atom is -0.497 e. The Bertz CT molecular complexity index is 597. The molecular formula is C13H13N3O3. The van der Waals surface area contributed by atoms with Crippen molar-refractivity contribution in [3.63, 3.8) is 0 Å². The lowest BCUT2D eigenvalue weighted by molar-refractivity contribution is 0.0995. The van der Waals surface area contributed by atoms with Crippen LogP contribution in [0.4, 0.5) is 5.69 Å². The smallest absolute Gasteiger partial charge is 0.267 e. The van der Waals surface area contributed by atoms with Gasteiger partial charge in [0.1, 0.15) is 17.2 Å². The molecule has 1 aromatic carbocycles. The van der Waals surface area contributed by atoms with Gasteiger partial charge in [0.2, 0.25) is 5.88 Å². The van der Waals surface area contributed by atoms with E-state index >= 15 is 0 Å². The predicted molar refractivity (Wildman–Crippen MR) is 70.2 cm³/mol. The van der Waals surface area contributed by atoms with Crippen LogP contribution in [0.15, 0.2) is 36.4 Å². The normalized spacial score (nSPS) is 9.95. The number of hydrogen-bond acceptors (Lipinski definition) is 5. The molecule has 19 heavy (non-hydrogen) atoms. The molecule has 0 spiro atoms. The summed E-state index contributed by atoms with van der Waals surface area (Å²) in [5.41, 5.74) is 11.3. The van der Waals surface area contributed by atoms with Gasteiger partial charge in [-0.25, -0.2) is 4.98 Å². The number of pyridine rings is 1. The van der Waals surface area contributed by atoms with Gasteiger partial charge in [-0.15, -0.1) is 0 Å². The lowest BCUT2D eigenvalue weighted by Gasteiger charge is -2.08. The van der Waals surface area contributed by atoms with Gasteiger partial charge in [-0.3, -0.25) is 4.79 Å². The third-order valence-electron chi connectivity index (χ3n) is 2.42. The van der Waals surface area contributed by atoms with Crippen LogP contribution in [0, 0.1) is 0 Å². The fourth-order valence-electron chi connectivity index (χ4n) is 1.43. The number of nitrogen functional groups attached to an aromatic ring is 1. The molecule has 0 saturated carbocycles. The Hall–Kier alpha value is -2.76. The first-order chi connectivity index (χ1) is 9.10. The van der Waals surface area contributed by atoms with E-state index in [9.17, 15) is 4.79 Å². The van der Waals surface area contributed by atoms with Gasteiger partial charge in [0, 0.05) is 0 Å². The first-order valence-corrected chi connectivity index (χ1v) is 5.48. The molecule has 0 aliphatic carbocycles. The predicted octanol–water partition coefficient (Wildman–Crippen LogP) is 1.56. The zero-order chi connectivity index (χ0) is 13.8. The van der Waals surface area contributed by atoms with Crippen LogP contribution in [-0.4, -0.2) is 18.0 Å². The average molecular weight is 259 g/mol. The number of hydrogen-bond donors (Lipinski definition) is 2. The van der Waals surface area contributed by atoms with E-state index in [0.717, 1.165) is 0 Å². The second kappa shape index (κ2) is 5.26. The van der Waals surface area contributed by atoms with E-state index in [4.69, 9.17) is 20.9 Å². The standard InChI is InChI=1S/C13H13N3O3/c1-18-8-2-4-9(5-3-8)19-13-10(14)6-7-11(16-13)12(15)17/h2-7H,14H2,1H3,(H2,15,17). The quantitative estimate of drug-likeness (QED) is 0.867. The van der Waals surface area contributed by atoms with Gasteiger partial charge in [0.05, 0.1) is 12.8 Å². The van der Waals surface area contributed by atoms with Crippen molar-refractivity contribution in [1.29, 1.82) is 0 Å². The SMILES string of the molecule is COc1ccc(Oc2nc(C(N)=O)ccc2N)cc1. The summed E-state index contributed by atoms with van der Waals surface area (Å²) in [6.07, 6.45) is 0. The lowest BCUT2D eigenvalue weighted by atomic mass is 10.3. The molecule has 1 heterocycles. The van der Waals surface area contributed by atoms with Crippen LogP contribution in [0.25, 0.3) is 0 Å². The zero-order valence-electron chi connectivity index (χ0n) is 10.3. The topological polar surface area (TPSA) is 100 Å². The van der Waals surface area contributed by atoms with Crippen LogP contribution in [0.3, 0.4) is 0 Å². The summed E-state index contributed by atoms with van der Waals surface area (Å²) in [5.74, 6) is 0.738. The molecule has 1 aromatic heterocycles. The van der Waals surface area contributed by atoms with Crippen molar-refractivity contribution in [2.75, 3.05) is 12.8 Å². The van der Waals surface area contributed by atoms with E-state index in [1.54, 1.807) is 31.4 Å². The van der Waals surface area contributed by atoms with E-state index in [1.165, 1.54) is 12.1 Å². The second-order valence-electron chi connectivity index (χ2n) is 3.73. The van der Waals surface area contributed by atoms with Crippen molar-refractivity contribution < 1.29 is 14.3 Å². The fourth-order valence-corrected chi connectivity index (χ4v) is 1.43. The van der Waals surface area contributed by atoms with E-state index in [1.807, 2.05) is 0 Å². The summed E-state index contributed by atoms with van der Waals surface area (Å²) in [7, 11) is 1.58. The zero-order valence-corrected chi connectivity index (χ0v) is 10.3. The number of rotatable bonds is 4. The summed E-state index contributed by atoms with van der Waals surface area (Å²) >= 11 is 0. The number of benzene rings is 1. The number of primary amides is 1. The van der Waals surface area contributed by atoms with Crippen molar-refractivity contribution in [1.82, 2.24) is 4.98 Å². The van der Waals surface area contributed by atoms with Crippen molar-refractivity contribution >= 4 is 11.6 Å². The van der Waals surface area contributed by atoms with Gasteiger partial charge in [0.25, 0.3) is 5.91 Å². The number of nitrogens with two attached hydrogens (primary N) is 2. The maximum atomic E-state index is 11.0. The van der Waals surface area contributed by atoms with Crippen LogP contribution in [0.5, 0.6) is 17.4 Å².